The third kappa shape index (κ3) is 2.16. The van der Waals surface area contributed by atoms with E-state index in [9.17, 15) is 9.59 Å². The molecule has 0 aliphatic rings. The molecule has 3 nitrogen and oxygen atoms in total. The van der Waals surface area contributed by atoms with Gasteiger partial charge >= 0.3 is 0 Å². The molecule has 21 heavy (non-hydrogen) atoms. The Morgan fingerprint density at radius 3 is 2.52 bits per heavy atom. The quantitative estimate of drug-likeness (QED) is 0.668. The van der Waals surface area contributed by atoms with Gasteiger partial charge in [0, 0.05) is 22.7 Å². The van der Waals surface area contributed by atoms with Crippen molar-refractivity contribution < 1.29 is 9.59 Å². The van der Waals surface area contributed by atoms with Crippen molar-refractivity contribution in [1.29, 1.82) is 0 Å². The molecule has 0 N–H and O–H groups in total. The largest absolute Gasteiger partial charge is 0.298 e. The summed E-state index contributed by atoms with van der Waals surface area (Å²) in [5, 5.41) is 1.09. The molecule has 4 heteroatoms. The second kappa shape index (κ2) is 5.19. The highest BCUT2D eigenvalue weighted by atomic mass is 35.5. The van der Waals surface area contributed by atoms with Gasteiger partial charge in [0.05, 0.1) is 10.5 Å². The van der Waals surface area contributed by atoms with Crippen LogP contribution in [0.15, 0.2) is 48.7 Å². The number of aldehydes is 1. The van der Waals surface area contributed by atoms with Crippen molar-refractivity contribution in [2.45, 2.75) is 6.92 Å². The Kier molecular flexibility index (Phi) is 3.35. The number of fused-ring (bicyclic) bond motifs is 1. The minimum absolute atomic E-state index is 0.181. The van der Waals surface area contributed by atoms with Gasteiger partial charge in [-0.1, -0.05) is 35.9 Å². The van der Waals surface area contributed by atoms with Crippen molar-refractivity contribution in [2.75, 3.05) is 0 Å². The van der Waals surface area contributed by atoms with E-state index in [1.165, 1.54) is 4.57 Å². The smallest absolute Gasteiger partial charge is 0.262 e. The van der Waals surface area contributed by atoms with Crippen molar-refractivity contribution in [3.63, 3.8) is 0 Å². The van der Waals surface area contributed by atoms with Gasteiger partial charge in [0.25, 0.3) is 5.91 Å². The SMILES string of the molecule is Cc1ccc(Cl)c2c(C=O)cn(C(=O)c3ccccc3)c12. The van der Waals surface area contributed by atoms with Crippen LogP contribution in [0.4, 0.5) is 0 Å². The number of rotatable bonds is 2. The molecule has 104 valence electrons. The fourth-order valence-corrected chi connectivity index (χ4v) is 2.75. The zero-order chi connectivity index (χ0) is 15.0. The molecule has 0 fully saturated rings. The highest BCUT2D eigenvalue weighted by Crippen LogP contribution is 2.31. The summed E-state index contributed by atoms with van der Waals surface area (Å²) in [7, 11) is 0. The number of carbonyl (C=O) groups is 2. The lowest BCUT2D eigenvalue weighted by molar-refractivity contribution is 0.0965. The zero-order valence-corrected chi connectivity index (χ0v) is 12.1. The number of carbonyl (C=O) groups excluding carboxylic acids is 2. The molecule has 0 spiro atoms. The van der Waals surface area contributed by atoms with Crippen LogP contribution in [0.2, 0.25) is 5.02 Å². The molecule has 1 heterocycles. The van der Waals surface area contributed by atoms with Gasteiger partial charge in [0.2, 0.25) is 0 Å². The molecule has 0 saturated carbocycles. The fourth-order valence-electron chi connectivity index (χ4n) is 2.49. The Balaban J connectivity index is 2.32. The van der Waals surface area contributed by atoms with E-state index in [4.69, 9.17) is 11.6 Å². The second-order valence-electron chi connectivity index (χ2n) is 4.83. The number of hydrogen-bond donors (Lipinski definition) is 0. The summed E-state index contributed by atoms with van der Waals surface area (Å²) in [6, 6.07) is 12.5. The molecule has 0 unspecified atom stereocenters. The summed E-state index contributed by atoms with van der Waals surface area (Å²) in [6.45, 7) is 1.89. The third-order valence-corrected chi connectivity index (χ3v) is 3.81. The number of aromatic nitrogens is 1. The first-order valence-electron chi connectivity index (χ1n) is 6.48. The van der Waals surface area contributed by atoms with Crippen LogP contribution in [0.5, 0.6) is 0 Å². The van der Waals surface area contributed by atoms with E-state index in [1.807, 2.05) is 19.1 Å². The number of halogens is 1. The van der Waals surface area contributed by atoms with Crippen LogP contribution in [-0.4, -0.2) is 16.8 Å². The summed E-state index contributed by atoms with van der Waals surface area (Å²) in [5.41, 5.74) is 2.56. The van der Waals surface area contributed by atoms with E-state index >= 15 is 0 Å². The number of aryl methyl sites for hydroxylation is 1. The van der Waals surface area contributed by atoms with Crippen LogP contribution in [-0.2, 0) is 0 Å². The molecule has 0 aliphatic heterocycles. The average Bonchev–Trinajstić information content (AvgIpc) is 2.92. The van der Waals surface area contributed by atoms with E-state index in [-0.39, 0.29) is 5.91 Å². The topological polar surface area (TPSA) is 39.1 Å². The summed E-state index contributed by atoms with van der Waals surface area (Å²) in [4.78, 5) is 23.9. The van der Waals surface area contributed by atoms with E-state index in [1.54, 1.807) is 36.5 Å². The maximum Gasteiger partial charge on any atom is 0.262 e. The first-order valence-corrected chi connectivity index (χ1v) is 6.86. The predicted octanol–water partition coefficient (Wildman–Crippen LogP) is 4.10. The predicted molar refractivity (Wildman–Crippen MR) is 83.2 cm³/mol. The molecule has 3 aromatic rings. The molecule has 0 amide bonds. The van der Waals surface area contributed by atoms with Crippen molar-refractivity contribution in [1.82, 2.24) is 4.57 Å². The average molecular weight is 298 g/mol. The fraction of sp³-hybridized carbons (Fsp3) is 0.0588. The lowest BCUT2D eigenvalue weighted by Crippen LogP contribution is -2.11. The van der Waals surface area contributed by atoms with E-state index in [0.29, 0.717) is 27.1 Å². The first-order chi connectivity index (χ1) is 10.1. The molecular weight excluding hydrogens is 286 g/mol. The van der Waals surface area contributed by atoms with Crippen LogP contribution in [0.1, 0.15) is 26.3 Å². The van der Waals surface area contributed by atoms with Gasteiger partial charge in [-0.25, -0.2) is 0 Å². The number of hydrogen-bond acceptors (Lipinski definition) is 2. The Hall–Kier alpha value is -2.39. The summed E-state index contributed by atoms with van der Waals surface area (Å²) < 4.78 is 1.50. The second-order valence-corrected chi connectivity index (χ2v) is 5.24. The number of nitrogens with zero attached hydrogens (tertiary/aromatic N) is 1. The van der Waals surface area contributed by atoms with Crippen LogP contribution < -0.4 is 0 Å². The Morgan fingerprint density at radius 1 is 1.14 bits per heavy atom. The van der Waals surface area contributed by atoms with Crippen molar-refractivity contribution in [3.8, 4) is 0 Å². The van der Waals surface area contributed by atoms with Crippen LogP contribution in [0, 0.1) is 6.92 Å². The normalized spacial score (nSPS) is 10.8. The summed E-state index contributed by atoms with van der Waals surface area (Å²) >= 11 is 6.19. The standard InChI is InChI=1S/C17H12ClNO2/c1-11-7-8-14(18)15-13(10-20)9-19(16(11)15)17(21)12-5-3-2-4-6-12/h2-10H,1H3. The van der Waals surface area contributed by atoms with Gasteiger partial charge in [-0.2, -0.15) is 0 Å². The summed E-state index contributed by atoms with van der Waals surface area (Å²) in [5.74, 6) is -0.181. The van der Waals surface area contributed by atoms with Crippen LogP contribution >= 0.6 is 11.6 Å². The monoisotopic (exact) mass is 297 g/mol. The van der Waals surface area contributed by atoms with Crippen molar-refractivity contribution in [2.24, 2.45) is 0 Å². The molecular formula is C17H12ClNO2. The summed E-state index contributed by atoms with van der Waals surface area (Å²) in [6.07, 6.45) is 2.27. The lowest BCUT2D eigenvalue weighted by atomic mass is 10.1. The van der Waals surface area contributed by atoms with Gasteiger partial charge in [0.15, 0.2) is 6.29 Å². The van der Waals surface area contributed by atoms with Crippen molar-refractivity contribution in [3.05, 3.63) is 70.4 Å². The molecule has 0 saturated heterocycles. The maximum absolute atomic E-state index is 12.7. The van der Waals surface area contributed by atoms with Gasteiger partial charge in [0.1, 0.15) is 0 Å². The molecule has 1 aromatic heterocycles. The van der Waals surface area contributed by atoms with E-state index < -0.39 is 0 Å². The zero-order valence-electron chi connectivity index (χ0n) is 11.3. The molecule has 0 aliphatic carbocycles. The Morgan fingerprint density at radius 2 is 1.86 bits per heavy atom. The highest BCUT2D eigenvalue weighted by molar-refractivity contribution is 6.36. The van der Waals surface area contributed by atoms with Crippen molar-refractivity contribution >= 4 is 34.7 Å². The van der Waals surface area contributed by atoms with Gasteiger partial charge in [-0.15, -0.1) is 0 Å². The molecule has 3 rings (SSSR count). The minimum Gasteiger partial charge on any atom is -0.298 e. The molecule has 0 radical (unpaired) electrons. The van der Waals surface area contributed by atoms with Gasteiger partial charge < -0.3 is 0 Å². The molecule has 0 bridgehead atoms. The maximum atomic E-state index is 12.7. The highest BCUT2D eigenvalue weighted by Gasteiger charge is 2.18. The third-order valence-electron chi connectivity index (χ3n) is 3.49. The van der Waals surface area contributed by atoms with E-state index in [0.717, 1.165) is 11.8 Å². The Labute approximate surface area is 126 Å². The van der Waals surface area contributed by atoms with Crippen LogP contribution in [0.25, 0.3) is 10.9 Å². The van der Waals surface area contributed by atoms with Gasteiger partial charge in [-0.3, -0.25) is 14.2 Å². The van der Waals surface area contributed by atoms with Crippen LogP contribution in [0.3, 0.4) is 0 Å². The Bertz CT molecular complexity index is 850. The lowest BCUT2D eigenvalue weighted by Gasteiger charge is -2.07. The number of benzene rings is 2. The first kappa shape index (κ1) is 13.6. The van der Waals surface area contributed by atoms with E-state index in [2.05, 4.69) is 0 Å². The minimum atomic E-state index is -0.181. The molecule has 0 atom stereocenters. The van der Waals surface area contributed by atoms with Gasteiger partial charge in [-0.05, 0) is 30.7 Å². The molecule has 2 aromatic carbocycles.